The Bertz CT molecular complexity index is 371. The zero-order valence-corrected chi connectivity index (χ0v) is 10.9. The SMILES string of the molecule is O=CCC/C(Cl)=C(/Cl)c1ccc(Br)cc1. The second-order valence-electron chi connectivity index (χ2n) is 2.93. The van der Waals surface area contributed by atoms with Crippen LogP contribution in [-0.2, 0) is 4.79 Å². The summed E-state index contributed by atoms with van der Waals surface area (Å²) in [6, 6.07) is 7.52. The Morgan fingerprint density at radius 1 is 1.27 bits per heavy atom. The van der Waals surface area contributed by atoms with Crippen LogP contribution in [0.25, 0.3) is 5.03 Å². The first kappa shape index (κ1) is 12.8. The van der Waals surface area contributed by atoms with Gasteiger partial charge in [-0.15, -0.1) is 0 Å². The van der Waals surface area contributed by atoms with Gasteiger partial charge in [-0.1, -0.05) is 51.3 Å². The molecule has 1 rings (SSSR count). The van der Waals surface area contributed by atoms with E-state index < -0.39 is 0 Å². The van der Waals surface area contributed by atoms with E-state index in [1.54, 1.807) is 0 Å². The molecule has 1 aromatic carbocycles. The molecule has 0 saturated heterocycles. The van der Waals surface area contributed by atoms with Crippen LogP contribution in [0.2, 0.25) is 0 Å². The van der Waals surface area contributed by atoms with Crippen LogP contribution in [0, 0.1) is 0 Å². The molecule has 0 amide bonds. The second kappa shape index (κ2) is 6.31. The van der Waals surface area contributed by atoms with E-state index >= 15 is 0 Å². The molecule has 0 aliphatic rings. The minimum absolute atomic E-state index is 0.394. The molecule has 0 aliphatic carbocycles. The average Bonchev–Trinajstić information content (AvgIpc) is 2.26. The van der Waals surface area contributed by atoms with Gasteiger partial charge in [0.15, 0.2) is 0 Å². The smallest absolute Gasteiger partial charge is 0.120 e. The molecule has 80 valence electrons. The van der Waals surface area contributed by atoms with Crippen molar-refractivity contribution in [3.05, 3.63) is 39.3 Å². The molecule has 0 atom stereocenters. The third-order valence-electron chi connectivity index (χ3n) is 1.82. The van der Waals surface area contributed by atoms with Gasteiger partial charge in [-0.3, -0.25) is 0 Å². The normalized spacial score (nSPS) is 12.2. The van der Waals surface area contributed by atoms with Crippen molar-refractivity contribution >= 4 is 50.5 Å². The van der Waals surface area contributed by atoms with Crippen LogP contribution in [0.1, 0.15) is 18.4 Å². The number of hydrogen-bond acceptors (Lipinski definition) is 1. The van der Waals surface area contributed by atoms with Crippen molar-refractivity contribution in [1.82, 2.24) is 0 Å². The Morgan fingerprint density at radius 2 is 1.87 bits per heavy atom. The Morgan fingerprint density at radius 3 is 2.40 bits per heavy atom. The summed E-state index contributed by atoms with van der Waals surface area (Å²) in [4.78, 5) is 10.2. The van der Waals surface area contributed by atoms with Crippen molar-refractivity contribution in [1.29, 1.82) is 0 Å². The van der Waals surface area contributed by atoms with Gasteiger partial charge in [0, 0.05) is 15.9 Å². The molecule has 0 fully saturated rings. The van der Waals surface area contributed by atoms with Crippen LogP contribution in [-0.4, -0.2) is 6.29 Å². The van der Waals surface area contributed by atoms with Gasteiger partial charge in [-0.25, -0.2) is 0 Å². The molecule has 1 nitrogen and oxygen atoms in total. The summed E-state index contributed by atoms with van der Waals surface area (Å²) in [5.74, 6) is 0. The van der Waals surface area contributed by atoms with E-state index in [1.165, 1.54) is 0 Å². The van der Waals surface area contributed by atoms with Crippen LogP contribution in [0.5, 0.6) is 0 Å². The summed E-state index contributed by atoms with van der Waals surface area (Å²) in [5, 5.41) is 1.03. The van der Waals surface area contributed by atoms with Crippen LogP contribution in [0.15, 0.2) is 33.8 Å². The number of allylic oxidation sites excluding steroid dienone is 1. The number of carbonyl (C=O) groups excluding carboxylic acids is 1. The maximum atomic E-state index is 10.2. The molecule has 0 saturated carbocycles. The quantitative estimate of drug-likeness (QED) is 0.744. The van der Waals surface area contributed by atoms with Gasteiger partial charge in [-0.05, 0) is 24.1 Å². The zero-order chi connectivity index (χ0) is 11.3. The van der Waals surface area contributed by atoms with Crippen molar-refractivity contribution in [2.45, 2.75) is 12.8 Å². The number of benzene rings is 1. The van der Waals surface area contributed by atoms with Gasteiger partial charge < -0.3 is 4.79 Å². The van der Waals surface area contributed by atoms with E-state index in [1.807, 2.05) is 24.3 Å². The number of carbonyl (C=O) groups is 1. The number of hydrogen-bond donors (Lipinski definition) is 0. The van der Waals surface area contributed by atoms with Crippen molar-refractivity contribution in [2.24, 2.45) is 0 Å². The highest BCUT2D eigenvalue weighted by Gasteiger charge is 2.04. The Balaban J connectivity index is 2.86. The maximum Gasteiger partial charge on any atom is 0.120 e. The second-order valence-corrected chi connectivity index (χ2v) is 4.68. The topological polar surface area (TPSA) is 17.1 Å². The lowest BCUT2D eigenvalue weighted by molar-refractivity contribution is -0.107. The molecule has 0 N–H and O–H groups in total. The highest BCUT2D eigenvalue weighted by atomic mass is 79.9. The lowest BCUT2D eigenvalue weighted by atomic mass is 10.2. The molecular formula is C11H9BrCl2O. The zero-order valence-electron chi connectivity index (χ0n) is 7.84. The Labute approximate surface area is 107 Å². The van der Waals surface area contributed by atoms with E-state index in [9.17, 15) is 4.79 Å². The largest absolute Gasteiger partial charge is 0.303 e. The molecule has 4 heteroatoms. The van der Waals surface area contributed by atoms with Crippen molar-refractivity contribution in [3.8, 4) is 0 Å². The van der Waals surface area contributed by atoms with Crippen molar-refractivity contribution < 1.29 is 4.79 Å². The molecule has 0 unspecified atom stereocenters. The lowest BCUT2D eigenvalue weighted by Gasteiger charge is -2.02. The van der Waals surface area contributed by atoms with Crippen LogP contribution < -0.4 is 0 Å². The van der Waals surface area contributed by atoms with Crippen molar-refractivity contribution in [3.63, 3.8) is 0 Å². The van der Waals surface area contributed by atoms with Gasteiger partial charge in [0.05, 0.1) is 5.03 Å². The fraction of sp³-hybridized carbons (Fsp3) is 0.182. The monoisotopic (exact) mass is 306 g/mol. The molecule has 15 heavy (non-hydrogen) atoms. The summed E-state index contributed by atoms with van der Waals surface area (Å²) in [6.45, 7) is 0. The summed E-state index contributed by atoms with van der Waals surface area (Å²) < 4.78 is 0.986. The van der Waals surface area contributed by atoms with Gasteiger partial charge >= 0.3 is 0 Å². The highest BCUT2D eigenvalue weighted by Crippen LogP contribution is 2.28. The van der Waals surface area contributed by atoms with Gasteiger partial charge in [0.2, 0.25) is 0 Å². The summed E-state index contributed by atoms with van der Waals surface area (Å²) in [7, 11) is 0. The van der Waals surface area contributed by atoms with E-state index in [2.05, 4.69) is 15.9 Å². The first-order valence-electron chi connectivity index (χ1n) is 4.39. The molecule has 0 bridgehead atoms. The predicted molar refractivity (Wildman–Crippen MR) is 68.1 cm³/mol. The molecule has 0 radical (unpaired) electrons. The van der Waals surface area contributed by atoms with Crippen LogP contribution in [0.3, 0.4) is 0 Å². The van der Waals surface area contributed by atoms with E-state index in [-0.39, 0.29) is 0 Å². The fourth-order valence-corrected chi connectivity index (χ4v) is 1.75. The van der Waals surface area contributed by atoms with E-state index in [0.29, 0.717) is 22.9 Å². The van der Waals surface area contributed by atoms with Crippen LogP contribution >= 0.6 is 39.1 Å². The first-order chi connectivity index (χ1) is 7.15. The molecule has 0 heterocycles. The van der Waals surface area contributed by atoms with Gasteiger partial charge in [0.25, 0.3) is 0 Å². The van der Waals surface area contributed by atoms with E-state index in [4.69, 9.17) is 23.2 Å². The molecule has 1 aromatic rings. The Hall–Kier alpha value is -0.310. The summed E-state index contributed by atoms with van der Waals surface area (Å²) in [6.07, 6.45) is 1.71. The minimum atomic E-state index is 0.394. The average molecular weight is 308 g/mol. The van der Waals surface area contributed by atoms with Gasteiger partial charge in [0.1, 0.15) is 6.29 Å². The van der Waals surface area contributed by atoms with Crippen molar-refractivity contribution in [2.75, 3.05) is 0 Å². The minimum Gasteiger partial charge on any atom is -0.303 e. The summed E-state index contributed by atoms with van der Waals surface area (Å²) >= 11 is 15.4. The van der Waals surface area contributed by atoms with Crippen LogP contribution in [0.4, 0.5) is 0 Å². The third-order valence-corrected chi connectivity index (χ3v) is 3.27. The van der Waals surface area contributed by atoms with Gasteiger partial charge in [-0.2, -0.15) is 0 Å². The molecular weight excluding hydrogens is 299 g/mol. The predicted octanol–water partition coefficient (Wildman–Crippen LogP) is 4.57. The number of aldehydes is 1. The first-order valence-corrected chi connectivity index (χ1v) is 5.93. The van der Waals surface area contributed by atoms with E-state index in [0.717, 1.165) is 16.3 Å². The number of rotatable bonds is 4. The molecule has 0 aliphatic heterocycles. The fourth-order valence-electron chi connectivity index (χ4n) is 1.05. The standard InChI is InChI=1S/C11H9BrCl2O/c12-9-5-3-8(4-6-9)11(14)10(13)2-1-7-15/h3-7H,1-2H2/b11-10-. The Kier molecular flexibility index (Phi) is 5.37. The highest BCUT2D eigenvalue weighted by molar-refractivity contribution is 9.10. The molecule has 0 aromatic heterocycles. The lowest BCUT2D eigenvalue weighted by Crippen LogP contribution is -1.83. The number of halogens is 3. The maximum absolute atomic E-state index is 10.2. The molecule has 0 spiro atoms. The summed E-state index contributed by atoms with van der Waals surface area (Å²) in [5.41, 5.74) is 0.857. The third kappa shape index (κ3) is 3.98.